The van der Waals surface area contributed by atoms with Gasteiger partial charge in [0.25, 0.3) is 5.91 Å². The number of rotatable bonds is 5. The van der Waals surface area contributed by atoms with E-state index in [4.69, 9.17) is 26.8 Å². The van der Waals surface area contributed by atoms with Crippen LogP contribution in [-0.4, -0.2) is 18.5 Å². The van der Waals surface area contributed by atoms with Gasteiger partial charge in [-0.1, -0.05) is 41.9 Å². The second kappa shape index (κ2) is 8.84. The zero-order valence-electron chi connectivity index (χ0n) is 16.1. The van der Waals surface area contributed by atoms with Crippen LogP contribution in [-0.2, 0) is 19.1 Å². The summed E-state index contributed by atoms with van der Waals surface area (Å²) in [6.07, 6.45) is 0. The molecule has 1 aliphatic heterocycles. The number of ether oxygens (including phenoxy) is 2. The minimum Gasteiger partial charge on any atom is -0.462 e. The molecular weight excluding hydrogens is 392 g/mol. The fraction of sp³-hybridized carbons (Fsp3) is 0.182. The van der Waals surface area contributed by atoms with E-state index in [-0.39, 0.29) is 23.6 Å². The van der Waals surface area contributed by atoms with E-state index in [0.29, 0.717) is 22.0 Å². The highest BCUT2D eigenvalue weighted by molar-refractivity contribution is 6.30. The summed E-state index contributed by atoms with van der Waals surface area (Å²) >= 11 is 6.02. The Morgan fingerprint density at radius 2 is 1.76 bits per heavy atom. The van der Waals surface area contributed by atoms with E-state index in [1.165, 1.54) is 0 Å². The summed E-state index contributed by atoms with van der Waals surface area (Å²) in [5.41, 5.74) is 7.68. The predicted molar refractivity (Wildman–Crippen MR) is 111 cm³/mol. The number of benzene rings is 2. The monoisotopic (exact) mass is 412 g/mol. The van der Waals surface area contributed by atoms with Crippen molar-refractivity contribution in [2.45, 2.75) is 19.8 Å². The molecule has 0 spiro atoms. The molecular formula is C22H21ClN2O4. The van der Waals surface area contributed by atoms with Gasteiger partial charge in [-0.25, -0.2) is 4.79 Å². The first-order valence-corrected chi connectivity index (χ1v) is 9.47. The molecule has 0 fully saturated rings. The molecule has 0 aliphatic carbocycles. The number of hydrogen-bond acceptors (Lipinski definition) is 5. The normalized spacial score (nSPS) is 16.3. The summed E-state index contributed by atoms with van der Waals surface area (Å²) in [6.45, 7) is 3.49. The van der Waals surface area contributed by atoms with E-state index < -0.39 is 17.8 Å². The maximum absolute atomic E-state index is 13.2. The molecule has 0 aromatic heterocycles. The second-order valence-corrected chi connectivity index (χ2v) is 6.81. The van der Waals surface area contributed by atoms with E-state index in [0.717, 1.165) is 0 Å². The highest BCUT2D eigenvalue weighted by Gasteiger charge is 2.39. The van der Waals surface area contributed by atoms with Gasteiger partial charge >= 0.3 is 5.97 Å². The molecule has 2 aromatic carbocycles. The smallest absolute Gasteiger partial charge is 0.340 e. The van der Waals surface area contributed by atoms with Gasteiger partial charge in [0.1, 0.15) is 11.3 Å². The number of esters is 1. The van der Waals surface area contributed by atoms with Crippen LogP contribution in [0, 0.1) is 0 Å². The van der Waals surface area contributed by atoms with Crippen LogP contribution in [0.2, 0.25) is 5.02 Å². The Kier molecular flexibility index (Phi) is 6.24. The molecule has 3 rings (SSSR count). The summed E-state index contributed by atoms with van der Waals surface area (Å²) in [5.74, 6) is -1.57. The van der Waals surface area contributed by atoms with Gasteiger partial charge < -0.3 is 20.5 Å². The average Bonchev–Trinajstić information content (AvgIpc) is 2.68. The lowest BCUT2D eigenvalue weighted by Crippen LogP contribution is -2.31. The molecule has 150 valence electrons. The summed E-state index contributed by atoms with van der Waals surface area (Å²) < 4.78 is 10.7. The average molecular weight is 413 g/mol. The summed E-state index contributed by atoms with van der Waals surface area (Å²) in [6, 6.07) is 15.9. The number of hydrogen-bond donors (Lipinski definition) is 2. The molecule has 0 saturated carbocycles. The lowest BCUT2D eigenvalue weighted by atomic mass is 9.82. The van der Waals surface area contributed by atoms with Crippen LogP contribution in [0.1, 0.15) is 25.3 Å². The van der Waals surface area contributed by atoms with Crippen molar-refractivity contribution in [3.63, 3.8) is 0 Å². The SMILES string of the molecule is CCOC(=O)C1=C(N)OC(C)=C(C(=O)Nc2ccccc2)[C@@H]1c1ccc(Cl)cc1. The Morgan fingerprint density at radius 1 is 1.10 bits per heavy atom. The maximum atomic E-state index is 13.2. The topological polar surface area (TPSA) is 90.7 Å². The summed E-state index contributed by atoms with van der Waals surface area (Å²) in [4.78, 5) is 25.8. The van der Waals surface area contributed by atoms with Gasteiger partial charge in [0.2, 0.25) is 5.88 Å². The minimum atomic E-state index is -0.760. The third-order valence-corrected chi connectivity index (χ3v) is 4.71. The van der Waals surface area contributed by atoms with Crippen molar-refractivity contribution in [3.05, 3.63) is 88.0 Å². The van der Waals surface area contributed by atoms with Crippen LogP contribution in [0.15, 0.2) is 77.4 Å². The Bertz CT molecular complexity index is 982. The molecule has 1 aliphatic rings. The minimum absolute atomic E-state index is 0.0815. The van der Waals surface area contributed by atoms with E-state index in [9.17, 15) is 9.59 Å². The van der Waals surface area contributed by atoms with Crippen molar-refractivity contribution in [1.29, 1.82) is 0 Å². The van der Waals surface area contributed by atoms with Crippen molar-refractivity contribution in [2.75, 3.05) is 11.9 Å². The highest BCUT2D eigenvalue weighted by atomic mass is 35.5. The molecule has 7 heteroatoms. The Morgan fingerprint density at radius 3 is 2.38 bits per heavy atom. The van der Waals surface area contributed by atoms with Crippen molar-refractivity contribution < 1.29 is 19.1 Å². The van der Waals surface area contributed by atoms with Gasteiger partial charge in [0.05, 0.1) is 18.1 Å². The van der Waals surface area contributed by atoms with Crippen LogP contribution >= 0.6 is 11.6 Å². The Balaban J connectivity index is 2.08. The van der Waals surface area contributed by atoms with Crippen LogP contribution in [0.3, 0.4) is 0 Å². The molecule has 3 N–H and O–H groups in total. The number of carbonyl (C=O) groups is 2. The van der Waals surface area contributed by atoms with Gasteiger partial charge in [-0.3, -0.25) is 4.79 Å². The number of amides is 1. The van der Waals surface area contributed by atoms with Crippen molar-refractivity contribution in [1.82, 2.24) is 0 Å². The fourth-order valence-electron chi connectivity index (χ4n) is 3.19. The first kappa shape index (κ1) is 20.5. The third kappa shape index (κ3) is 4.43. The number of allylic oxidation sites excluding steroid dienone is 1. The van der Waals surface area contributed by atoms with Gasteiger partial charge in [-0.05, 0) is 43.7 Å². The van der Waals surface area contributed by atoms with Gasteiger partial charge in [-0.2, -0.15) is 0 Å². The van der Waals surface area contributed by atoms with E-state index in [1.54, 1.807) is 50.2 Å². The van der Waals surface area contributed by atoms with E-state index >= 15 is 0 Å². The van der Waals surface area contributed by atoms with Crippen molar-refractivity contribution in [3.8, 4) is 0 Å². The summed E-state index contributed by atoms with van der Waals surface area (Å²) in [5, 5.41) is 3.37. The largest absolute Gasteiger partial charge is 0.462 e. The Hall–Kier alpha value is -3.25. The van der Waals surface area contributed by atoms with Crippen LogP contribution in [0.25, 0.3) is 0 Å². The van der Waals surface area contributed by atoms with Gasteiger partial charge in [0, 0.05) is 10.7 Å². The zero-order chi connectivity index (χ0) is 21.0. The van der Waals surface area contributed by atoms with Crippen molar-refractivity contribution >= 4 is 29.2 Å². The number of carbonyl (C=O) groups excluding carboxylic acids is 2. The molecule has 0 unspecified atom stereocenters. The molecule has 1 amide bonds. The quantitative estimate of drug-likeness (QED) is 0.721. The lowest BCUT2D eigenvalue weighted by Gasteiger charge is -2.29. The molecule has 0 saturated heterocycles. The molecule has 0 radical (unpaired) electrons. The van der Waals surface area contributed by atoms with Crippen LogP contribution in [0.5, 0.6) is 0 Å². The Labute approximate surface area is 173 Å². The second-order valence-electron chi connectivity index (χ2n) is 6.38. The van der Waals surface area contributed by atoms with E-state index in [2.05, 4.69) is 5.32 Å². The third-order valence-electron chi connectivity index (χ3n) is 4.46. The highest BCUT2D eigenvalue weighted by Crippen LogP contribution is 2.40. The molecule has 2 aromatic rings. The van der Waals surface area contributed by atoms with E-state index in [1.807, 2.05) is 18.2 Å². The molecule has 1 heterocycles. The van der Waals surface area contributed by atoms with Gasteiger partial charge in [-0.15, -0.1) is 0 Å². The number of halogens is 1. The number of nitrogens with one attached hydrogen (secondary N) is 1. The zero-order valence-corrected chi connectivity index (χ0v) is 16.8. The molecule has 6 nitrogen and oxygen atoms in total. The standard InChI is InChI=1S/C22H21ClN2O4/c1-3-28-22(27)19-18(14-9-11-15(23)12-10-14)17(13(2)29-20(19)24)21(26)25-16-7-5-4-6-8-16/h4-12,18H,3,24H2,1-2H3,(H,25,26)/t18-/m0/s1. The van der Waals surface area contributed by atoms with Crippen LogP contribution in [0.4, 0.5) is 5.69 Å². The fourth-order valence-corrected chi connectivity index (χ4v) is 3.32. The van der Waals surface area contributed by atoms with Crippen molar-refractivity contribution in [2.24, 2.45) is 5.73 Å². The predicted octanol–water partition coefficient (Wildman–Crippen LogP) is 4.10. The first-order chi connectivity index (χ1) is 13.9. The van der Waals surface area contributed by atoms with Crippen LogP contribution < -0.4 is 11.1 Å². The maximum Gasteiger partial charge on any atom is 0.340 e. The number of nitrogens with two attached hydrogens (primary N) is 1. The molecule has 29 heavy (non-hydrogen) atoms. The first-order valence-electron chi connectivity index (χ1n) is 9.09. The lowest BCUT2D eigenvalue weighted by molar-refractivity contribution is -0.139. The number of para-hydroxylation sites is 1. The number of anilines is 1. The molecule has 0 bridgehead atoms. The van der Waals surface area contributed by atoms with Gasteiger partial charge in [0.15, 0.2) is 0 Å². The molecule has 1 atom stereocenters. The summed E-state index contributed by atoms with van der Waals surface area (Å²) in [7, 11) is 0.